The maximum atomic E-state index is 11.7. The van der Waals surface area contributed by atoms with Gasteiger partial charge in [-0.05, 0) is 12.2 Å². The summed E-state index contributed by atoms with van der Waals surface area (Å²) in [7, 11) is 2.80. The van der Waals surface area contributed by atoms with Crippen molar-refractivity contribution in [3.8, 4) is 0 Å². The van der Waals surface area contributed by atoms with Crippen LogP contribution in [0.15, 0.2) is 35.3 Å². The van der Waals surface area contributed by atoms with Crippen molar-refractivity contribution in [1.29, 1.82) is 5.41 Å². The molecule has 0 aromatic rings. The summed E-state index contributed by atoms with van der Waals surface area (Å²) in [5, 5.41) is 14.3. The first-order valence-electron chi connectivity index (χ1n) is 6.45. The molecule has 1 saturated heterocycles. The predicted molar refractivity (Wildman–Crippen MR) is 75.4 cm³/mol. The van der Waals surface area contributed by atoms with Gasteiger partial charge in [0.05, 0.1) is 25.5 Å². The minimum Gasteiger partial charge on any atom is -0.495 e. The molecule has 0 aromatic carbocycles. The summed E-state index contributed by atoms with van der Waals surface area (Å²) in [5.74, 6) is 0.499. The molecular weight excluding hydrogens is 258 g/mol. The minimum atomic E-state index is -0.473. The summed E-state index contributed by atoms with van der Waals surface area (Å²) in [6.07, 6.45) is 4.83. The van der Waals surface area contributed by atoms with E-state index in [2.05, 4.69) is 10.6 Å². The molecular formula is C14H19N3O3. The molecule has 1 fully saturated rings. The summed E-state index contributed by atoms with van der Waals surface area (Å²) in [6.45, 7) is 2.85. The van der Waals surface area contributed by atoms with Crippen molar-refractivity contribution >= 4 is 11.7 Å². The van der Waals surface area contributed by atoms with Crippen LogP contribution in [0.25, 0.3) is 0 Å². The van der Waals surface area contributed by atoms with E-state index in [9.17, 15) is 4.79 Å². The number of carbonyl (C=O) groups is 1. The average Bonchev–Trinajstić information content (AvgIpc) is 2.41. The van der Waals surface area contributed by atoms with Crippen molar-refractivity contribution < 1.29 is 14.3 Å². The number of methoxy groups -OCH3 is 2. The quantitative estimate of drug-likeness (QED) is 0.631. The number of hydrogen-bond acceptors (Lipinski definition) is 6. The van der Waals surface area contributed by atoms with Gasteiger partial charge in [0, 0.05) is 31.8 Å². The molecule has 1 heterocycles. The van der Waals surface area contributed by atoms with Gasteiger partial charge in [0.1, 0.15) is 11.3 Å². The molecule has 0 atom stereocenters. The first-order chi connectivity index (χ1) is 9.67. The molecule has 2 rings (SSSR count). The molecule has 3 N–H and O–H groups in total. The second kappa shape index (κ2) is 6.38. The minimum absolute atomic E-state index is 0.300. The lowest BCUT2D eigenvalue weighted by Gasteiger charge is -2.27. The monoisotopic (exact) mass is 277 g/mol. The van der Waals surface area contributed by atoms with Gasteiger partial charge in [-0.15, -0.1) is 0 Å². The third-order valence-electron chi connectivity index (χ3n) is 3.32. The Balaban J connectivity index is 2.16. The van der Waals surface area contributed by atoms with Crippen LogP contribution in [-0.2, 0) is 14.3 Å². The Bertz CT molecular complexity index is 502. The van der Waals surface area contributed by atoms with Crippen LogP contribution in [0.4, 0.5) is 0 Å². The normalized spacial score (nSPS) is 20.9. The molecule has 0 radical (unpaired) electrons. The van der Waals surface area contributed by atoms with Gasteiger partial charge >= 0.3 is 5.97 Å². The zero-order valence-corrected chi connectivity index (χ0v) is 11.7. The number of allylic oxidation sites excluding steroid dienone is 2. The van der Waals surface area contributed by atoms with Crippen LogP contribution in [0.3, 0.4) is 0 Å². The van der Waals surface area contributed by atoms with Gasteiger partial charge in [-0.25, -0.2) is 4.79 Å². The summed E-state index contributed by atoms with van der Waals surface area (Å²) in [6, 6.07) is 0. The van der Waals surface area contributed by atoms with E-state index in [-0.39, 0.29) is 0 Å². The molecule has 0 spiro atoms. The first kappa shape index (κ1) is 14.3. The van der Waals surface area contributed by atoms with Crippen molar-refractivity contribution in [3.63, 3.8) is 0 Å². The zero-order chi connectivity index (χ0) is 14.5. The van der Waals surface area contributed by atoms with E-state index in [1.54, 1.807) is 18.4 Å². The Kier molecular flexibility index (Phi) is 4.57. The van der Waals surface area contributed by atoms with E-state index < -0.39 is 5.97 Å². The standard InChI is InChI=1S/C14H19N3O3/c1-19-13-10(14(18)20-2)3-4-12(15)11(13)8-17-7-9-5-16-6-9/h3-4,8-9,15-17H,5-7H2,1-2H3/b11-8+,15-12?. The number of rotatable bonds is 5. The van der Waals surface area contributed by atoms with Crippen molar-refractivity contribution in [3.05, 3.63) is 35.3 Å². The number of nitrogens with one attached hydrogen (secondary N) is 3. The van der Waals surface area contributed by atoms with Gasteiger partial charge in [0.2, 0.25) is 0 Å². The molecule has 0 bridgehead atoms. The highest BCUT2D eigenvalue weighted by atomic mass is 16.5. The van der Waals surface area contributed by atoms with Crippen LogP contribution in [0, 0.1) is 11.3 Å². The van der Waals surface area contributed by atoms with Crippen molar-refractivity contribution in [2.75, 3.05) is 33.9 Å². The molecule has 6 heteroatoms. The Morgan fingerprint density at radius 1 is 1.50 bits per heavy atom. The highest BCUT2D eigenvalue weighted by molar-refractivity contribution is 6.13. The summed E-state index contributed by atoms with van der Waals surface area (Å²) < 4.78 is 9.99. The smallest absolute Gasteiger partial charge is 0.341 e. The first-order valence-corrected chi connectivity index (χ1v) is 6.45. The molecule has 0 amide bonds. The van der Waals surface area contributed by atoms with E-state index >= 15 is 0 Å². The molecule has 0 saturated carbocycles. The van der Waals surface area contributed by atoms with Crippen LogP contribution in [0.5, 0.6) is 0 Å². The third-order valence-corrected chi connectivity index (χ3v) is 3.32. The molecule has 108 valence electrons. The van der Waals surface area contributed by atoms with Crippen LogP contribution in [-0.4, -0.2) is 45.5 Å². The van der Waals surface area contributed by atoms with Crippen LogP contribution < -0.4 is 10.6 Å². The van der Waals surface area contributed by atoms with E-state index in [1.807, 2.05) is 0 Å². The van der Waals surface area contributed by atoms with Crippen LogP contribution in [0.2, 0.25) is 0 Å². The highest BCUT2D eigenvalue weighted by Crippen LogP contribution is 2.23. The number of ether oxygens (including phenoxy) is 2. The Labute approximate surface area is 118 Å². The SMILES string of the molecule is COC(=O)C1=C(OC)/C(=C/NCC2CNC2)C(=N)C=C1. The van der Waals surface area contributed by atoms with E-state index in [4.69, 9.17) is 14.9 Å². The Morgan fingerprint density at radius 2 is 2.25 bits per heavy atom. The van der Waals surface area contributed by atoms with E-state index in [0.29, 0.717) is 28.5 Å². The van der Waals surface area contributed by atoms with Gasteiger partial charge in [0.25, 0.3) is 0 Å². The molecule has 1 aliphatic heterocycles. The summed E-state index contributed by atoms with van der Waals surface area (Å²) in [4.78, 5) is 11.7. The third kappa shape index (κ3) is 2.91. The largest absolute Gasteiger partial charge is 0.495 e. The summed E-state index contributed by atoms with van der Waals surface area (Å²) in [5.41, 5.74) is 1.18. The van der Waals surface area contributed by atoms with Crippen molar-refractivity contribution in [1.82, 2.24) is 10.6 Å². The van der Waals surface area contributed by atoms with Gasteiger partial charge in [0.15, 0.2) is 0 Å². The maximum absolute atomic E-state index is 11.7. The highest BCUT2D eigenvalue weighted by Gasteiger charge is 2.24. The molecule has 0 unspecified atom stereocenters. The number of carbonyl (C=O) groups excluding carboxylic acids is 1. The van der Waals surface area contributed by atoms with Gasteiger partial charge in [-0.1, -0.05) is 0 Å². The lowest BCUT2D eigenvalue weighted by molar-refractivity contribution is -0.135. The van der Waals surface area contributed by atoms with Crippen LogP contribution in [0.1, 0.15) is 0 Å². The molecule has 20 heavy (non-hydrogen) atoms. The topological polar surface area (TPSA) is 83.4 Å². The second-order valence-corrected chi connectivity index (χ2v) is 4.68. The lowest BCUT2D eigenvalue weighted by atomic mass is 9.98. The average molecular weight is 277 g/mol. The van der Waals surface area contributed by atoms with E-state index in [1.165, 1.54) is 14.2 Å². The fourth-order valence-electron chi connectivity index (χ4n) is 2.05. The summed E-state index contributed by atoms with van der Waals surface area (Å²) >= 11 is 0. The molecule has 6 nitrogen and oxygen atoms in total. The Morgan fingerprint density at radius 3 is 2.80 bits per heavy atom. The molecule has 0 aromatic heterocycles. The Hall–Kier alpha value is -2.08. The fourth-order valence-corrected chi connectivity index (χ4v) is 2.05. The van der Waals surface area contributed by atoms with Crippen molar-refractivity contribution in [2.24, 2.45) is 5.92 Å². The fraction of sp³-hybridized carbons (Fsp3) is 0.429. The van der Waals surface area contributed by atoms with Gasteiger partial charge in [-0.2, -0.15) is 0 Å². The number of esters is 1. The van der Waals surface area contributed by atoms with Gasteiger partial charge < -0.3 is 25.5 Å². The van der Waals surface area contributed by atoms with Crippen molar-refractivity contribution in [2.45, 2.75) is 0 Å². The van der Waals surface area contributed by atoms with Gasteiger partial charge in [-0.3, -0.25) is 0 Å². The zero-order valence-electron chi connectivity index (χ0n) is 11.7. The molecule has 2 aliphatic rings. The maximum Gasteiger partial charge on any atom is 0.341 e. The van der Waals surface area contributed by atoms with E-state index in [0.717, 1.165) is 19.6 Å². The lowest BCUT2D eigenvalue weighted by Crippen LogP contribution is -2.46. The predicted octanol–water partition coefficient (Wildman–Crippen LogP) is 0.342. The second-order valence-electron chi connectivity index (χ2n) is 4.68. The molecule has 1 aliphatic carbocycles. The van der Waals surface area contributed by atoms with Crippen LogP contribution >= 0.6 is 0 Å². The number of hydrogen-bond donors (Lipinski definition) is 3.